The van der Waals surface area contributed by atoms with Crippen molar-refractivity contribution in [1.29, 1.82) is 0 Å². The number of benzene rings is 1. The van der Waals surface area contributed by atoms with Crippen LogP contribution >= 0.6 is 0 Å². The number of ether oxygens (including phenoxy) is 1. The van der Waals surface area contributed by atoms with Gasteiger partial charge in [-0.15, -0.1) is 0 Å². The van der Waals surface area contributed by atoms with Crippen LogP contribution in [0.1, 0.15) is 24.4 Å². The highest BCUT2D eigenvalue weighted by Gasteiger charge is 2.33. The van der Waals surface area contributed by atoms with E-state index in [1.54, 1.807) is 4.90 Å². The number of carbonyl (C=O) groups excluding carboxylic acids is 1. The summed E-state index contributed by atoms with van der Waals surface area (Å²) in [7, 11) is 1.30. The number of aliphatic hydroxyl groups is 1. The Labute approximate surface area is 116 Å². The minimum Gasteiger partial charge on any atom is -0.469 e. The maximum Gasteiger partial charge on any atom is 0.306 e. The zero-order chi connectivity index (χ0) is 14.7. The van der Waals surface area contributed by atoms with Crippen LogP contribution in [-0.4, -0.2) is 42.3 Å². The molecule has 2 rings (SSSR count). The molecule has 0 radical (unpaired) electrons. The first-order chi connectivity index (χ1) is 9.51. The minimum atomic E-state index is -0.611. The number of rotatable bonds is 4. The maximum absolute atomic E-state index is 13.8. The van der Waals surface area contributed by atoms with E-state index in [2.05, 4.69) is 4.74 Å². The standard InChI is InChI=1S/C14H17F2NO3/c1-20-14(19)4-5-17-8-10(18)7-13(17)11-6-9(15)2-3-12(11)16/h2-3,6,10,13,18H,4-5,7-8H2,1H3/t10-,13-/m1/s1. The normalized spacial score (nSPS) is 23.0. The first kappa shape index (κ1) is 14.9. The van der Waals surface area contributed by atoms with Crippen LogP contribution in [0.4, 0.5) is 8.78 Å². The smallest absolute Gasteiger partial charge is 0.306 e. The lowest BCUT2D eigenvalue weighted by molar-refractivity contribution is -0.141. The van der Waals surface area contributed by atoms with Crippen LogP contribution in [0.25, 0.3) is 0 Å². The topological polar surface area (TPSA) is 49.8 Å². The van der Waals surface area contributed by atoms with Gasteiger partial charge in [0.1, 0.15) is 11.6 Å². The van der Waals surface area contributed by atoms with Crippen LogP contribution in [-0.2, 0) is 9.53 Å². The molecular weight excluding hydrogens is 268 g/mol. The van der Waals surface area contributed by atoms with Crippen LogP contribution in [0.15, 0.2) is 18.2 Å². The Morgan fingerprint density at radius 3 is 2.95 bits per heavy atom. The van der Waals surface area contributed by atoms with E-state index in [1.165, 1.54) is 7.11 Å². The molecule has 1 fully saturated rings. The third kappa shape index (κ3) is 3.32. The Kier molecular flexibility index (Phi) is 4.67. The minimum absolute atomic E-state index is 0.149. The largest absolute Gasteiger partial charge is 0.469 e. The number of hydrogen-bond acceptors (Lipinski definition) is 4. The molecule has 0 saturated carbocycles. The monoisotopic (exact) mass is 285 g/mol. The highest BCUT2D eigenvalue weighted by Crippen LogP contribution is 2.33. The molecule has 2 atom stereocenters. The summed E-state index contributed by atoms with van der Waals surface area (Å²) in [6.07, 6.45) is -0.140. The molecule has 0 amide bonds. The molecule has 1 N–H and O–H groups in total. The van der Waals surface area contributed by atoms with Gasteiger partial charge in [0.05, 0.1) is 19.6 Å². The van der Waals surface area contributed by atoms with Crippen LogP contribution in [0, 0.1) is 11.6 Å². The van der Waals surface area contributed by atoms with Gasteiger partial charge in [0, 0.05) is 24.7 Å². The lowest BCUT2D eigenvalue weighted by Crippen LogP contribution is -2.28. The fraction of sp³-hybridized carbons (Fsp3) is 0.500. The van der Waals surface area contributed by atoms with Crippen LogP contribution in [0.5, 0.6) is 0 Å². The molecule has 110 valence electrons. The quantitative estimate of drug-likeness (QED) is 0.854. The molecule has 1 aliphatic heterocycles. The van der Waals surface area contributed by atoms with E-state index >= 15 is 0 Å². The number of aliphatic hydroxyl groups excluding tert-OH is 1. The molecule has 1 saturated heterocycles. The fourth-order valence-electron chi connectivity index (χ4n) is 2.56. The number of β-amino-alcohol motifs (C(OH)–C–C–N with tert-alkyl or cyclic N) is 1. The predicted molar refractivity (Wildman–Crippen MR) is 67.9 cm³/mol. The molecule has 1 heterocycles. The van der Waals surface area contributed by atoms with Crippen molar-refractivity contribution < 1.29 is 23.4 Å². The average Bonchev–Trinajstić information content (AvgIpc) is 2.79. The van der Waals surface area contributed by atoms with Gasteiger partial charge >= 0.3 is 5.97 Å². The van der Waals surface area contributed by atoms with E-state index in [1.807, 2.05) is 0 Å². The molecular formula is C14H17F2NO3. The van der Waals surface area contributed by atoms with E-state index in [9.17, 15) is 18.7 Å². The van der Waals surface area contributed by atoms with Gasteiger partial charge < -0.3 is 9.84 Å². The van der Waals surface area contributed by atoms with Crippen molar-refractivity contribution in [2.24, 2.45) is 0 Å². The highest BCUT2D eigenvalue weighted by molar-refractivity contribution is 5.69. The molecule has 0 spiro atoms. The number of esters is 1. The molecule has 0 aliphatic carbocycles. The third-order valence-electron chi connectivity index (χ3n) is 3.53. The number of nitrogens with zero attached hydrogens (tertiary/aromatic N) is 1. The van der Waals surface area contributed by atoms with E-state index in [-0.39, 0.29) is 18.0 Å². The third-order valence-corrected chi connectivity index (χ3v) is 3.53. The summed E-state index contributed by atoms with van der Waals surface area (Å²) in [4.78, 5) is 12.9. The SMILES string of the molecule is COC(=O)CCN1C[C@H](O)C[C@@H]1c1cc(F)ccc1F. The molecule has 0 aromatic heterocycles. The van der Waals surface area contributed by atoms with Crippen molar-refractivity contribution in [2.45, 2.75) is 25.0 Å². The molecule has 1 aromatic rings. The second kappa shape index (κ2) is 6.28. The second-order valence-electron chi connectivity index (χ2n) is 4.89. The number of carbonyl (C=O) groups is 1. The number of hydrogen-bond donors (Lipinski definition) is 1. The zero-order valence-corrected chi connectivity index (χ0v) is 11.2. The Bertz CT molecular complexity index is 495. The molecule has 20 heavy (non-hydrogen) atoms. The van der Waals surface area contributed by atoms with E-state index in [4.69, 9.17) is 0 Å². The van der Waals surface area contributed by atoms with Gasteiger partial charge in [-0.25, -0.2) is 8.78 Å². The summed E-state index contributed by atoms with van der Waals surface area (Å²) >= 11 is 0. The molecule has 4 nitrogen and oxygen atoms in total. The first-order valence-electron chi connectivity index (χ1n) is 6.45. The highest BCUT2D eigenvalue weighted by atomic mass is 19.1. The van der Waals surface area contributed by atoms with E-state index in [0.29, 0.717) is 19.5 Å². The maximum atomic E-state index is 13.8. The van der Waals surface area contributed by atoms with Gasteiger partial charge in [0.15, 0.2) is 0 Å². The second-order valence-corrected chi connectivity index (χ2v) is 4.89. The zero-order valence-electron chi connectivity index (χ0n) is 11.2. The fourth-order valence-corrected chi connectivity index (χ4v) is 2.56. The van der Waals surface area contributed by atoms with Crippen molar-refractivity contribution in [2.75, 3.05) is 20.2 Å². The Balaban J connectivity index is 2.15. The Morgan fingerprint density at radius 1 is 1.50 bits per heavy atom. The summed E-state index contributed by atoms with van der Waals surface area (Å²) in [6, 6.07) is 2.85. The lowest BCUT2D eigenvalue weighted by atomic mass is 10.0. The van der Waals surface area contributed by atoms with Crippen molar-refractivity contribution in [3.8, 4) is 0 Å². The van der Waals surface area contributed by atoms with Gasteiger partial charge in [0.25, 0.3) is 0 Å². The molecule has 0 unspecified atom stereocenters. The first-order valence-corrected chi connectivity index (χ1v) is 6.45. The van der Waals surface area contributed by atoms with Crippen LogP contribution < -0.4 is 0 Å². The van der Waals surface area contributed by atoms with Gasteiger partial charge in [0.2, 0.25) is 0 Å². The predicted octanol–water partition coefficient (Wildman–Crippen LogP) is 1.64. The summed E-state index contributed by atoms with van der Waals surface area (Å²) in [5.41, 5.74) is 0.214. The van der Waals surface area contributed by atoms with Crippen molar-refractivity contribution in [3.05, 3.63) is 35.4 Å². The number of likely N-dealkylation sites (tertiary alicyclic amines) is 1. The summed E-state index contributed by atoms with van der Waals surface area (Å²) in [5.74, 6) is -1.39. The summed E-state index contributed by atoms with van der Waals surface area (Å²) < 4.78 is 31.7. The van der Waals surface area contributed by atoms with Crippen molar-refractivity contribution in [3.63, 3.8) is 0 Å². The Hall–Kier alpha value is -1.53. The van der Waals surface area contributed by atoms with E-state index in [0.717, 1.165) is 18.2 Å². The van der Waals surface area contributed by atoms with Gasteiger partial charge in [-0.1, -0.05) is 0 Å². The van der Waals surface area contributed by atoms with Gasteiger partial charge in [-0.3, -0.25) is 9.69 Å². The summed E-state index contributed by atoms with van der Waals surface area (Å²) in [6.45, 7) is 0.669. The van der Waals surface area contributed by atoms with Gasteiger partial charge in [-0.05, 0) is 24.6 Å². The van der Waals surface area contributed by atoms with Crippen molar-refractivity contribution in [1.82, 2.24) is 4.90 Å². The van der Waals surface area contributed by atoms with Crippen molar-refractivity contribution >= 4 is 5.97 Å². The Morgan fingerprint density at radius 2 is 2.25 bits per heavy atom. The molecule has 1 aliphatic rings. The lowest BCUT2D eigenvalue weighted by Gasteiger charge is -2.24. The summed E-state index contributed by atoms with van der Waals surface area (Å²) in [5, 5.41) is 9.74. The number of halogens is 2. The van der Waals surface area contributed by atoms with Crippen LogP contribution in [0.3, 0.4) is 0 Å². The molecule has 1 aromatic carbocycles. The molecule has 0 bridgehead atoms. The number of methoxy groups -OCH3 is 1. The van der Waals surface area contributed by atoms with Crippen LogP contribution in [0.2, 0.25) is 0 Å². The average molecular weight is 285 g/mol. The molecule has 6 heteroatoms. The van der Waals surface area contributed by atoms with E-state index < -0.39 is 23.8 Å². The van der Waals surface area contributed by atoms with Gasteiger partial charge in [-0.2, -0.15) is 0 Å².